The van der Waals surface area contributed by atoms with Crippen LogP contribution in [0.1, 0.15) is 76.4 Å². The zero-order valence-corrected chi connectivity index (χ0v) is 23.2. The van der Waals surface area contributed by atoms with Gasteiger partial charge in [-0.1, -0.05) is 74.5 Å². The second kappa shape index (κ2) is 9.30. The first kappa shape index (κ1) is 26.3. The van der Waals surface area contributed by atoms with Crippen molar-refractivity contribution in [1.29, 1.82) is 0 Å². The summed E-state index contributed by atoms with van der Waals surface area (Å²) >= 11 is 0. The molecule has 0 aliphatic heterocycles. The highest BCUT2D eigenvalue weighted by atomic mass is 16.3. The van der Waals surface area contributed by atoms with Crippen molar-refractivity contribution in [3.8, 4) is 17.2 Å². The Labute approximate surface area is 221 Å². The molecule has 0 saturated heterocycles. The molecule has 0 atom stereocenters. The van der Waals surface area contributed by atoms with Crippen LogP contribution in [0.4, 0.5) is 0 Å². The molecule has 0 spiro atoms. The van der Waals surface area contributed by atoms with E-state index in [1.165, 1.54) is 5.56 Å². The van der Waals surface area contributed by atoms with Gasteiger partial charge in [-0.3, -0.25) is 0 Å². The van der Waals surface area contributed by atoms with E-state index in [0.717, 1.165) is 50.1 Å². The molecular weight excluding hydrogens is 456 g/mol. The number of phenolic OH excluding ortho intramolecular Hbond substituents is 3. The summed E-state index contributed by atoms with van der Waals surface area (Å²) in [6.07, 6.45) is 0. The highest BCUT2D eigenvalue weighted by Gasteiger charge is 2.34. The van der Waals surface area contributed by atoms with E-state index in [4.69, 9.17) is 0 Å². The Morgan fingerprint density at radius 2 is 0.784 bits per heavy atom. The van der Waals surface area contributed by atoms with Gasteiger partial charge in [-0.15, -0.1) is 0 Å². The molecule has 37 heavy (non-hydrogen) atoms. The molecule has 4 aromatic rings. The van der Waals surface area contributed by atoms with Crippen molar-refractivity contribution in [1.82, 2.24) is 0 Å². The number of hydrogen-bond donors (Lipinski definition) is 3. The molecule has 0 aromatic heterocycles. The number of aryl methyl sites for hydroxylation is 5. The van der Waals surface area contributed by atoms with Crippen molar-refractivity contribution >= 4 is 0 Å². The van der Waals surface area contributed by atoms with Crippen LogP contribution in [-0.2, 0) is 10.8 Å². The molecule has 0 fully saturated rings. The molecule has 3 nitrogen and oxygen atoms in total. The van der Waals surface area contributed by atoms with Gasteiger partial charge in [0.25, 0.3) is 0 Å². The molecule has 3 N–H and O–H groups in total. The fourth-order valence-corrected chi connectivity index (χ4v) is 5.42. The van der Waals surface area contributed by atoms with E-state index in [2.05, 4.69) is 75.4 Å². The molecule has 4 aromatic carbocycles. The van der Waals surface area contributed by atoms with Gasteiger partial charge >= 0.3 is 0 Å². The molecule has 0 bridgehead atoms. The van der Waals surface area contributed by atoms with E-state index >= 15 is 0 Å². The lowest BCUT2D eigenvalue weighted by atomic mass is 9.69. The van der Waals surface area contributed by atoms with Crippen LogP contribution in [0.15, 0.2) is 66.7 Å². The summed E-state index contributed by atoms with van der Waals surface area (Å²) in [6.45, 7) is 16.3. The van der Waals surface area contributed by atoms with Gasteiger partial charge in [-0.05, 0) is 103 Å². The van der Waals surface area contributed by atoms with Gasteiger partial charge < -0.3 is 15.3 Å². The largest absolute Gasteiger partial charge is 0.508 e. The topological polar surface area (TPSA) is 60.7 Å². The van der Waals surface area contributed by atoms with E-state index in [1.807, 2.05) is 40.7 Å². The fraction of sp³-hybridized carbons (Fsp3) is 0.294. The summed E-state index contributed by atoms with van der Waals surface area (Å²) in [4.78, 5) is 0. The lowest BCUT2D eigenvalue weighted by Crippen LogP contribution is -2.27. The number of hydrogen-bond acceptors (Lipinski definition) is 3. The van der Waals surface area contributed by atoms with Crippen molar-refractivity contribution in [2.45, 2.75) is 66.2 Å². The minimum Gasteiger partial charge on any atom is -0.508 e. The smallest absolute Gasteiger partial charge is 0.121 e. The van der Waals surface area contributed by atoms with Crippen LogP contribution in [0.2, 0.25) is 0 Å². The van der Waals surface area contributed by atoms with Crippen LogP contribution in [0, 0.1) is 34.6 Å². The van der Waals surface area contributed by atoms with Crippen molar-refractivity contribution in [2.24, 2.45) is 0 Å². The van der Waals surface area contributed by atoms with Crippen molar-refractivity contribution in [2.75, 3.05) is 0 Å². The Hall–Kier alpha value is -3.72. The summed E-state index contributed by atoms with van der Waals surface area (Å²) < 4.78 is 0. The van der Waals surface area contributed by atoms with Gasteiger partial charge in [0, 0.05) is 10.8 Å². The molecular formula is C34H38O3. The Bertz CT molecular complexity index is 1370. The quantitative estimate of drug-likeness (QED) is 0.246. The predicted molar refractivity (Wildman–Crippen MR) is 152 cm³/mol. The Balaban J connectivity index is 1.90. The lowest BCUT2D eigenvalue weighted by Gasteiger charge is -2.34. The second-order valence-electron chi connectivity index (χ2n) is 11.2. The third-order valence-corrected chi connectivity index (χ3v) is 8.24. The molecule has 0 amide bonds. The molecule has 0 saturated carbocycles. The summed E-state index contributed by atoms with van der Waals surface area (Å²) in [6, 6.07) is 22.8. The summed E-state index contributed by atoms with van der Waals surface area (Å²) in [5.41, 5.74) is 9.11. The van der Waals surface area contributed by atoms with Crippen LogP contribution in [0.5, 0.6) is 17.2 Å². The summed E-state index contributed by atoms with van der Waals surface area (Å²) in [5.74, 6) is 0.959. The molecule has 4 rings (SSSR count). The SMILES string of the molecule is Cc1cc(C(C)(C)c2ccc(C(C)(c3cc(C)c(O)c(C)c3)c3cc(C)c(O)c(C)c3)cc2)ccc1O. The zero-order valence-electron chi connectivity index (χ0n) is 23.2. The first-order valence-electron chi connectivity index (χ1n) is 12.8. The molecule has 0 aliphatic carbocycles. The fourth-order valence-electron chi connectivity index (χ4n) is 5.42. The van der Waals surface area contributed by atoms with Gasteiger partial charge in [0.2, 0.25) is 0 Å². The van der Waals surface area contributed by atoms with E-state index in [-0.39, 0.29) is 5.41 Å². The van der Waals surface area contributed by atoms with Gasteiger partial charge in [0.05, 0.1) is 0 Å². The Morgan fingerprint density at radius 1 is 0.432 bits per heavy atom. The third-order valence-electron chi connectivity index (χ3n) is 8.24. The molecule has 0 aliphatic rings. The van der Waals surface area contributed by atoms with Gasteiger partial charge in [0.15, 0.2) is 0 Å². The minimum atomic E-state index is -0.510. The average molecular weight is 495 g/mol. The number of aromatic hydroxyl groups is 3. The van der Waals surface area contributed by atoms with Gasteiger partial charge in [0.1, 0.15) is 17.2 Å². The average Bonchev–Trinajstić information content (AvgIpc) is 2.86. The van der Waals surface area contributed by atoms with Crippen molar-refractivity contribution in [3.63, 3.8) is 0 Å². The lowest BCUT2D eigenvalue weighted by molar-refractivity contribution is 0.465. The molecule has 3 heteroatoms. The molecule has 0 heterocycles. The highest BCUT2D eigenvalue weighted by Crippen LogP contribution is 2.44. The van der Waals surface area contributed by atoms with E-state index in [1.54, 1.807) is 6.07 Å². The van der Waals surface area contributed by atoms with E-state index in [0.29, 0.717) is 17.2 Å². The van der Waals surface area contributed by atoms with Gasteiger partial charge in [-0.25, -0.2) is 0 Å². The Kier molecular flexibility index (Phi) is 6.62. The van der Waals surface area contributed by atoms with Crippen molar-refractivity contribution < 1.29 is 15.3 Å². The summed E-state index contributed by atoms with van der Waals surface area (Å²) in [5, 5.41) is 31.0. The molecule has 0 radical (unpaired) electrons. The highest BCUT2D eigenvalue weighted by molar-refractivity contribution is 5.57. The first-order chi connectivity index (χ1) is 17.3. The van der Waals surface area contributed by atoms with E-state index in [9.17, 15) is 15.3 Å². The zero-order chi connectivity index (χ0) is 27.3. The maximum atomic E-state index is 10.5. The van der Waals surface area contributed by atoms with Crippen LogP contribution in [0.25, 0.3) is 0 Å². The van der Waals surface area contributed by atoms with Gasteiger partial charge in [-0.2, -0.15) is 0 Å². The standard InChI is InChI=1S/C34H38O3/c1-20-15-27(13-14-30(20)35)33(6,7)25-9-11-26(12-10-25)34(8,28-16-21(2)31(36)22(3)17-28)29-18-23(4)32(37)24(5)19-29/h9-19,35-37H,1-8H3. The number of rotatable bonds is 5. The molecule has 192 valence electrons. The first-order valence-corrected chi connectivity index (χ1v) is 12.8. The van der Waals surface area contributed by atoms with Crippen molar-refractivity contribution in [3.05, 3.63) is 122 Å². The van der Waals surface area contributed by atoms with Crippen LogP contribution in [0.3, 0.4) is 0 Å². The van der Waals surface area contributed by atoms with Crippen LogP contribution < -0.4 is 0 Å². The summed E-state index contributed by atoms with van der Waals surface area (Å²) in [7, 11) is 0. The maximum absolute atomic E-state index is 10.5. The molecule has 0 unspecified atom stereocenters. The predicted octanol–water partition coefficient (Wildman–Crippen LogP) is 8.03. The normalized spacial score (nSPS) is 12.1. The third kappa shape index (κ3) is 4.48. The van der Waals surface area contributed by atoms with Crippen LogP contribution in [-0.4, -0.2) is 15.3 Å². The minimum absolute atomic E-state index is 0.245. The Morgan fingerprint density at radius 3 is 1.19 bits per heavy atom. The number of phenols is 3. The second-order valence-corrected chi connectivity index (χ2v) is 11.2. The van der Waals surface area contributed by atoms with Crippen LogP contribution >= 0.6 is 0 Å². The van der Waals surface area contributed by atoms with E-state index < -0.39 is 5.41 Å². The monoisotopic (exact) mass is 494 g/mol. The number of benzene rings is 4. The maximum Gasteiger partial charge on any atom is 0.121 e.